The Morgan fingerprint density at radius 2 is 2.13 bits per heavy atom. The van der Waals surface area contributed by atoms with Crippen LogP contribution in [-0.2, 0) is 13.0 Å². The highest BCUT2D eigenvalue weighted by Crippen LogP contribution is 2.45. The summed E-state index contributed by atoms with van der Waals surface area (Å²) in [5, 5.41) is 14.5. The molecule has 0 unspecified atom stereocenters. The fraction of sp³-hybridized carbons (Fsp3) is 0.583. The lowest BCUT2D eigenvalue weighted by molar-refractivity contribution is 0.123. The number of nitrogens with zero attached hydrogens (tertiary/aromatic N) is 3. The van der Waals surface area contributed by atoms with E-state index in [0.717, 1.165) is 66.5 Å². The van der Waals surface area contributed by atoms with Crippen LogP contribution >= 0.6 is 0 Å². The van der Waals surface area contributed by atoms with Gasteiger partial charge in [0.2, 0.25) is 0 Å². The lowest BCUT2D eigenvalue weighted by Crippen LogP contribution is -2.37. The van der Waals surface area contributed by atoms with Crippen molar-refractivity contribution in [3.05, 3.63) is 23.4 Å². The Hall–Kier alpha value is -2.72. The van der Waals surface area contributed by atoms with Crippen LogP contribution in [0.15, 0.2) is 16.7 Å². The predicted molar refractivity (Wildman–Crippen MR) is 118 cm³/mol. The summed E-state index contributed by atoms with van der Waals surface area (Å²) in [6.07, 6.45) is 10.5. The highest BCUT2D eigenvalue weighted by molar-refractivity contribution is 5.84. The van der Waals surface area contributed by atoms with Gasteiger partial charge in [0, 0.05) is 25.0 Å². The molecular weight excluding hydrogens is 394 g/mol. The number of piperidine rings is 1. The number of aryl methyl sites for hydroxylation is 1. The number of carboxylic acid groups (broad SMARTS) is 1. The molecule has 7 nitrogen and oxygen atoms in total. The first-order chi connectivity index (χ1) is 14.9. The first-order valence-electron chi connectivity index (χ1n) is 11.0. The van der Waals surface area contributed by atoms with Gasteiger partial charge in [-0.1, -0.05) is 11.1 Å². The van der Waals surface area contributed by atoms with Gasteiger partial charge in [-0.15, -0.1) is 6.42 Å². The van der Waals surface area contributed by atoms with Crippen LogP contribution in [-0.4, -0.2) is 59.9 Å². The number of fused-ring (bicyclic) bond motifs is 1. The molecule has 1 aromatic heterocycles. The molecule has 1 saturated carbocycles. The van der Waals surface area contributed by atoms with Gasteiger partial charge >= 0.3 is 6.09 Å². The van der Waals surface area contributed by atoms with Crippen molar-refractivity contribution in [1.29, 1.82) is 0 Å². The molecule has 0 atom stereocenters. The maximum Gasteiger partial charge on any atom is 0.407 e. The molecule has 4 rings (SSSR count). The summed E-state index contributed by atoms with van der Waals surface area (Å²) in [7, 11) is 4.04. The molecule has 0 radical (unpaired) electrons. The zero-order chi connectivity index (χ0) is 22.0. The van der Waals surface area contributed by atoms with Gasteiger partial charge in [0.05, 0.1) is 16.7 Å². The summed E-state index contributed by atoms with van der Waals surface area (Å²) in [6.45, 7) is 2.46. The van der Waals surface area contributed by atoms with Crippen LogP contribution in [0.4, 0.5) is 4.79 Å². The molecule has 2 aromatic rings. The van der Waals surface area contributed by atoms with Crippen LogP contribution in [0.2, 0.25) is 0 Å². The van der Waals surface area contributed by atoms with E-state index in [-0.39, 0.29) is 5.41 Å². The Balaban J connectivity index is 1.47. The van der Waals surface area contributed by atoms with E-state index in [1.54, 1.807) is 0 Å². The smallest absolute Gasteiger partial charge is 0.407 e. The molecule has 0 spiro atoms. The summed E-state index contributed by atoms with van der Waals surface area (Å²) in [5.41, 5.74) is 2.65. The molecule has 1 aliphatic carbocycles. The number of hydrogen-bond acceptors (Lipinski definition) is 5. The highest BCUT2D eigenvalue weighted by atomic mass is 16.5. The van der Waals surface area contributed by atoms with Gasteiger partial charge < -0.3 is 24.2 Å². The number of rotatable bonds is 8. The van der Waals surface area contributed by atoms with E-state index in [9.17, 15) is 4.79 Å². The van der Waals surface area contributed by atoms with Gasteiger partial charge in [-0.05, 0) is 70.7 Å². The van der Waals surface area contributed by atoms with Crippen LogP contribution in [0.3, 0.4) is 0 Å². The molecule has 2 fully saturated rings. The lowest BCUT2D eigenvalue weighted by atomic mass is 9.91. The van der Waals surface area contributed by atoms with Crippen molar-refractivity contribution in [3.8, 4) is 18.1 Å². The molecule has 1 N–H and O–H groups in total. The minimum absolute atomic E-state index is 0.104. The monoisotopic (exact) mass is 425 g/mol. The normalized spacial score (nSPS) is 18.3. The van der Waals surface area contributed by atoms with Crippen LogP contribution in [0.5, 0.6) is 5.75 Å². The SMILES string of the molecule is C#CC1(COc2ccc3c(CCC4CCN(C(=O)O)CC4)noc3c2CN(C)C)CC1. The van der Waals surface area contributed by atoms with Crippen LogP contribution in [0, 0.1) is 23.7 Å². The van der Waals surface area contributed by atoms with Gasteiger partial charge in [0.15, 0.2) is 5.58 Å². The van der Waals surface area contributed by atoms with Crippen molar-refractivity contribution in [1.82, 2.24) is 15.0 Å². The minimum atomic E-state index is -0.817. The summed E-state index contributed by atoms with van der Waals surface area (Å²) in [5.74, 6) is 4.20. The molecule has 7 heteroatoms. The van der Waals surface area contributed by atoms with Crippen LogP contribution in [0.25, 0.3) is 11.0 Å². The number of terminal acetylenes is 1. The fourth-order valence-corrected chi connectivity index (χ4v) is 4.32. The van der Waals surface area contributed by atoms with Crippen molar-refractivity contribution in [2.45, 2.75) is 45.1 Å². The summed E-state index contributed by atoms with van der Waals surface area (Å²) in [4.78, 5) is 14.7. The number of likely N-dealkylation sites (tertiary alicyclic amines) is 1. The topological polar surface area (TPSA) is 79.0 Å². The molecular formula is C24H31N3O4. The number of aromatic nitrogens is 1. The van der Waals surface area contributed by atoms with E-state index >= 15 is 0 Å². The third-order valence-corrected chi connectivity index (χ3v) is 6.59. The third kappa shape index (κ3) is 4.80. The Bertz CT molecular complexity index is 979. The number of carbonyl (C=O) groups is 1. The van der Waals surface area contributed by atoms with Crippen molar-refractivity contribution in [3.63, 3.8) is 0 Å². The van der Waals surface area contributed by atoms with E-state index in [4.69, 9.17) is 20.8 Å². The highest BCUT2D eigenvalue weighted by Gasteiger charge is 2.42. The standard InChI is InChI=1S/C24H31N3O4/c1-4-24(11-12-24)16-30-21-8-6-18-20(25-31-22(18)19(21)15-26(2)3)7-5-17-9-13-27(14-10-17)23(28)29/h1,6,8,17H,5,7,9-16H2,2-3H3,(H,28,29). The van der Waals surface area contributed by atoms with Gasteiger partial charge in [-0.2, -0.15) is 0 Å². The van der Waals surface area contributed by atoms with Crippen molar-refractivity contribution in [2.75, 3.05) is 33.8 Å². The Morgan fingerprint density at radius 1 is 1.39 bits per heavy atom. The number of amides is 1. The zero-order valence-corrected chi connectivity index (χ0v) is 18.4. The van der Waals surface area contributed by atoms with Gasteiger partial charge in [0.25, 0.3) is 0 Å². The average Bonchev–Trinajstić information content (AvgIpc) is 3.43. The molecule has 166 valence electrons. The molecule has 2 heterocycles. The fourth-order valence-electron chi connectivity index (χ4n) is 4.32. The third-order valence-electron chi connectivity index (χ3n) is 6.59. The van der Waals surface area contributed by atoms with Crippen molar-refractivity contribution >= 4 is 17.1 Å². The molecule has 0 bridgehead atoms. The van der Waals surface area contributed by atoms with Crippen LogP contribution < -0.4 is 4.74 Å². The maximum absolute atomic E-state index is 11.1. The first kappa shape index (κ1) is 21.5. The average molecular weight is 426 g/mol. The Labute approximate surface area is 183 Å². The summed E-state index contributed by atoms with van der Waals surface area (Å²) in [6, 6.07) is 4.05. The van der Waals surface area contributed by atoms with Gasteiger partial charge in [0.1, 0.15) is 12.4 Å². The first-order valence-corrected chi connectivity index (χ1v) is 11.0. The second kappa shape index (κ2) is 8.80. The molecule has 1 aromatic carbocycles. The largest absolute Gasteiger partial charge is 0.492 e. The molecule has 1 aliphatic heterocycles. The van der Waals surface area contributed by atoms with E-state index < -0.39 is 6.09 Å². The Morgan fingerprint density at radius 3 is 2.74 bits per heavy atom. The summed E-state index contributed by atoms with van der Waals surface area (Å²) < 4.78 is 11.9. The Kier molecular flexibility index (Phi) is 6.10. The molecule has 1 saturated heterocycles. The molecule has 31 heavy (non-hydrogen) atoms. The van der Waals surface area contributed by atoms with Crippen LogP contribution in [0.1, 0.15) is 43.4 Å². The van der Waals surface area contributed by atoms with Gasteiger partial charge in [-0.3, -0.25) is 0 Å². The summed E-state index contributed by atoms with van der Waals surface area (Å²) >= 11 is 0. The second-order valence-electron chi connectivity index (χ2n) is 9.25. The number of hydrogen-bond donors (Lipinski definition) is 1. The maximum atomic E-state index is 11.1. The lowest BCUT2D eigenvalue weighted by Gasteiger charge is -2.29. The van der Waals surface area contributed by atoms with Gasteiger partial charge in [-0.25, -0.2) is 4.79 Å². The number of ether oxygens (including phenoxy) is 1. The van der Waals surface area contributed by atoms with Crippen molar-refractivity contribution < 1.29 is 19.2 Å². The van der Waals surface area contributed by atoms with Crippen molar-refractivity contribution in [2.24, 2.45) is 11.3 Å². The quantitative estimate of drug-likeness (QED) is 0.644. The second-order valence-corrected chi connectivity index (χ2v) is 9.25. The van der Waals surface area contributed by atoms with E-state index in [1.165, 1.54) is 4.90 Å². The number of benzene rings is 1. The van der Waals surface area contributed by atoms with E-state index in [0.29, 0.717) is 32.2 Å². The predicted octanol–water partition coefficient (Wildman–Crippen LogP) is 4.00. The zero-order valence-electron chi connectivity index (χ0n) is 18.4. The molecule has 2 aliphatic rings. The van der Waals surface area contributed by atoms with E-state index in [1.807, 2.05) is 26.2 Å². The van der Waals surface area contributed by atoms with E-state index in [2.05, 4.69) is 16.0 Å². The minimum Gasteiger partial charge on any atom is -0.492 e. The molecule has 1 amide bonds.